The highest BCUT2D eigenvalue weighted by Gasteiger charge is 2.37. The SMILES string of the molecule is COCCOC1CN(c2ncc(N3CCN(c4cccc(CO[Si](C)(C)C(C)(C)C)c4F)CC3)cn2)C1. The van der Waals surface area contributed by atoms with E-state index in [0.29, 0.717) is 31.1 Å². The van der Waals surface area contributed by atoms with Crippen LogP contribution in [0, 0.1) is 5.82 Å². The van der Waals surface area contributed by atoms with Crippen LogP contribution < -0.4 is 14.7 Å². The molecule has 0 aliphatic carbocycles. The van der Waals surface area contributed by atoms with Crippen molar-refractivity contribution in [2.24, 2.45) is 0 Å². The van der Waals surface area contributed by atoms with Crippen molar-refractivity contribution in [2.45, 2.75) is 51.6 Å². The molecule has 3 heterocycles. The number of hydrogen-bond acceptors (Lipinski definition) is 8. The van der Waals surface area contributed by atoms with Crippen LogP contribution in [-0.2, 0) is 20.5 Å². The molecule has 0 N–H and O–H groups in total. The summed E-state index contributed by atoms with van der Waals surface area (Å²) >= 11 is 0. The number of ether oxygens (including phenoxy) is 2. The van der Waals surface area contributed by atoms with E-state index in [0.717, 1.165) is 50.9 Å². The van der Waals surface area contributed by atoms with Gasteiger partial charge in [0.1, 0.15) is 0 Å². The Labute approximate surface area is 221 Å². The summed E-state index contributed by atoms with van der Waals surface area (Å²) in [5, 5.41) is 0.0928. The van der Waals surface area contributed by atoms with Gasteiger partial charge >= 0.3 is 0 Å². The molecule has 37 heavy (non-hydrogen) atoms. The summed E-state index contributed by atoms with van der Waals surface area (Å²) in [5.41, 5.74) is 2.28. The van der Waals surface area contributed by atoms with Gasteiger partial charge in [-0.1, -0.05) is 32.9 Å². The third-order valence-electron chi connectivity index (χ3n) is 7.83. The molecule has 0 atom stereocenters. The molecule has 2 aliphatic heterocycles. The summed E-state index contributed by atoms with van der Waals surface area (Å²) < 4.78 is 32.5. The van der Waals surface area contributed by atoms with Gasteiger partial charge in [-0.15, -0.1) is 0 Å². The van der Waals surface area contributed by atoms with E-state index in [9.17, 15) is 0 Å². The van der Waals surface area contributed by atoms with Gasteiger partial charge in [0, 0.05) is 51.9 Å². The molecule has 4 rings (SSSR count). The Balaban J connectivity index is 1.29. The van der Waals surface area contributed by atoms with E-state index in [1.54, 1.807) is 7.11 Å². The molecule has 0 bridgehead atoms. The maximum atomic E-state index is 15.5. The summed E-state index contributed by atoms with van der Waals surface area (Å²) in [7, 11) is -0.272. The molecule has 1 aromatic heterocycles. The number of nitrogens with zero attached hydrogens (tertiary/aromatic N) is 5. The molecule has 2 aromatic rings. The predicted octanol–water partition coefficient (Wildman–Crippen LogP) is 4.32. The minimum atomic E-state index is -1.95. The highest BCUT2D eigenvalue weighted by molar-refractivity contribution is 6.74. The highest BCUT2D eigenvalue weighted by Crippen LogP contribution is 2.37. The normalized spacial score (nSPS) is 17.3. The lowest BCUT2D eigenvalue weighted by atomic mass is 10.1. The first-order chi connectivity index (χ1) is 17.6. The fourth-order valence-electron chi connectivity index (χ4n) is 4.25. The lowest BCUT2D eigenvalue weighted by molar-refractivity contribution is 0.00350. The number of aromatic nitrogens is 2. The van der Waals surface area contributed by atoms with Crippen molar-refractivity contribution >= 4 is 25.6 Å². The highest BCUT2D eigenvalue weighted by atomic mass is 28.4. The number of rotatable bonds is 10. The number of benzene rings is 1. The van der Waals surface area contributed by atoms with Crippen molar-refractivity contribution in [3.05, 3.63) is 42.0 Å². The zero-order valence-electron chi connectivity index (χ0n) is 23.2. The Morgan fingerprint density at radius 2 is 1.62 bits per heavy atom. The third kappa shape index (κ3) is 6.60. The summed E-state index contributed by atoms with van der Waals surface area (Å²) in [5.74, 6) is 0.564. The van der Waals surface area contributed by atoms with E-state index in [-0.39, 0.29) is 17.0 Å². The summed E-state index contributed by atoms with van der Waals surface area (Å²) in [4.78, 5) is 15.7. The first kappa shape index (κ1) is 27.8. The monoisotopic (exact) mass is 531 g/mol. The van der Waals surface area contributed by atoms with Crippen molar-refractivity contribution in [1.29, 1.82) is 0 Å². The van der Waals surface area contributed by atoms with E-state index in [1.165, 1.54) is 0 Å². The van der Waals surface area contributed by atoms with Crippen molar-refractivity contribution in [3.63, 3.8) is 0 Å². The topological polar surface area (TPSA) is 63.2 Å². The van der Waals surface area contributed by atoms with E-state index >= 15 is 4.39 Å². The number of piperazine rings is 1. The Morgan fingerprint density at radius 1 is 0.973 bits per heavy atom. The number of hydrogen-bond donors (Lipinski definition) is 0. The second-order valence-electron chi connectivity index (χ2n) is 11.4. The number of halogens is 1. The average molecular weight is 532 g/mol. The van der Waals surface area contributed by atoms with Gasteiger partial charge in [-0.25, -0.2) is 14.4 Å². The first-order valence-electron chi connectivity index (χ1n) is 13.2. The quantitative estimate of drug-likeness (QED) is 0.332. The largest absolute Gasteiger partial charge is 0.412 e. The van der Waals surface area contributed by atoms with Gasteiger partial charge in [-0.3, -0.25) is 0 Å². The van der Waals surface area contributed by atoms with Crippen LogP contribution in [0.2, 0.25) is 18.1 Å². The molecule has 2 aliphatic rings. The van der Waals surface area contributed by atoms with Crippen LogP contribution in [-0.4, -0.2) is 84.0 Å². The van der Waals surface area contributed by atoms with Crippen LogP contribution in [0.1, 0.15) is 26.3 Å². The average Bonchev–Trinajstić information content (AvgIpc) is 2.84. The molecular weight excluding hydrogens is 489 g/mol. The van der Waals surface area contributed by atoms with Gasteiger partial charge in [0.2, 0.25) is 5.95 Å². The number of methoxy groups -OCH3 is 1. The molecule has 0 unspecified atom stereocenters. The predicted molar refractivity (Wildman–Crippen MR) is 149 cm³/mol. The molecule has 2 saturated heterocycles. The Hall–Kier alpha value is -2.27. The molecule has 1 aromatic carbocycles. The number of anilines is 3. The van der Waals surface area contributed by atoms with Gasteiger partial charge in [0.25, 0.3) is 0 Å². The lowest BCUT2D eigenvalue weighted by Gasteiger charge is -2.39. The van der Waals surface area contributed by atoms with Crippen molar-refractivity contribution in [3.8, 4) is 0 Å². The van der Waals surface area contributed by atoms with Crippen LogP contribution in [0.15, 0.2) is 30.6 Å². The Kier molecular flexibility index (Phi) is 8.73. The van der Waals surface area contributed by atoms with E-state index in [4.69, 9.17) is 13.9 Å². The molecule has 10 heteroatoms. The fourth-order valence-corrected chi connectivity index (χ4v) is 5.20. The standard InChI is InChI=1S/C27H42FN5O3Si/c1-27(2,3)37(5,6)36-20-21-8-7-9-24(25(21)28)32-12-10-31(11-13-32)22-16-29-26(30-17-22)33-18-23(19-33)35-15-14-34-4/h7-9,16-17,23H,10-15,18-20H2,1-6H3. The van der Waals surface area contributed by atoms with Crippen LogP contribution >= 0.6 is 0 Å². The molecule has 2 fully saturated rings. The van der Waals surface area contributed by atoms with Gasteiger partial charge in [-0.05, 0) is 24.2 Å². The fraction of sp³-hybridized carbons (Fsp3) is 0.630. The molecule has 8 nitrogen and oxygen atoms in total. The van der Waals surface area contributed by atoms with E-state index in [2.05, 4.69) is 58.5 Å². The molecule has 204 valence electrons. The van der Waals surface area contributed by atoms with Crippen LogP contribution in [0.3, 0.4) is 0 Å². The smallest absolute Gasteiger partial charge is 0.225 e. The van der Waals surface area contributed by atoms with Gasteiger partial charge in [-0.2, -0.15) is 0 Å². The zero-order valence-corrected chi connectivity index (χ0v) is 24.2. The summed E-state index contributed by atoms with van der Waals surface area (Å²) in [6.45, 7) is 17.2. The van der Waals surface area contributed by atoms with Crippen molar-refractivity contribution in [2.75, 3.05) is 74.3 Å². The molecular formula is C27H42FN5O3Si. The van der Waals surface area contributed by atoms with E-state index in [1.807, 2.05) is 30.6 Å². The van der Waals surface area contributed by atoms with Crippen LogP contribution in [0.25, 0.3) is 0 Å². The zero-order chi connectivity index (χ0) is 26.6. The van der Waals surface area contributed by atoms with Gasteiger partial charge in [0.15, 0.2) is 14.1 Å². The summed E-state index contributed by atoms with van der Waals surface area (Å²) in [6, 6.07) is 5.65. The van der Waals surface area contributed by atoms with Gasteiger partial charge < -0.3 is 28.6 Å². The van der Waals surface area contributed by atoms with Crippen LogP contribution in [0.5, 0.6) is 0 Å². The van der Waals surface area contributed by atoms with E-state index < -0.39 is 8.32 Å². The first-order valence-corrected chi connectivity index (χ1v) is 16.1. The second kappa shape index (κ2) is 11.6. The van der Waals surface area contributed by atoms with Gasteiger partial charge in [0.05, 0.1) is 49.7 Å². The van der Waals surface area contributed by atoms with Crippen molar-refractivity contribution < 1.29 is 18.3 Å². The van der Waals surface area contributed by atoms with Crippen molar-refractivity contribution in [1.82, 2.24) is 9.97 Å². The second-order valence-corrected chi connectivity index (χ2v) is 16.2. The maximum absolute atomic E-state index is 15.5. The summed E-state index contributed by atoms with van der Waals surface area (Å²) in [6.07, 6.45) is 3.98. The molecule has 0 saturated carbocycles. The molecule has 0 radical (unpaired) electrons. The maximum Gasteiger partial charge on any atom is 0.225 e. The molecule has 0 spiro atoms. The molecule has 0 amide bonds. The third-order valence-corrected chi connectivity index (χ3v) is 12.3. The Morgan fingerprint density at radius 3 is 2.24 bits per heavy atom. The lowest BCUT2D eigenvalue weighted by Crippen LogP contribution is -2.53. The van der Waals surface area contributed by atoms with Crippen LogP contribution in [0.4, 0.5) is 21.7 Å². The Bertz CT molecular complexity index is 1020. The minimum absolute atomic E-state index is 0.0928. The minimum Gasteiger partial charge on any atom is -0.412 e.